The molecule has 0 fully saturated rings. The van der Waals surface area contributed by atoms with Crippen molar-refractivity contribution in [1.29, 1.82) is 0 Å². The first-order valence-electron chi connectivity index (χ1n) is 4.80. The molecule has 0 aliphatic carbocycles. The maximum Gasteiger partial charge on any atom is 0.221 e. The zero-order valence-electron chi connectivity index (χ0n) is 8.48. The lowest BCUT2D eigenvalue weighted by atomic mass is 10.3. The Labute approximate surface area is 106 Å². The highest BCUT2D eigenvalue weighted by Crippen LogP contribution is 2.22. The number of hydrogen-bond acceptors (Lipinski definition) is 5. The molecule has 2 aromatic rings. The Kier molecular flexibility index (Phi) is 3.74. The van der Waals surface area contributed by atoms with Crippen LogP contribution in [0.25, 0.3) is 0 Å². The highest BCUT2D eigenvalue weighted by molar-refractivity contribution is 9.11. The van der Waals surface area contributed by atoms with Gasteiger partial charge in [-0.1, -0.05) is 0 Å². The second-order valence-electron chi connectivity index (χ2n) is 3.18. The number of hydrogen-bond donors (Lipinski definition) is 2. The minimum absolute atomic E-state index is 0.295. The van der Waals surface area contributed by atoms with Crippen molar-refractivity contribution in [2.75, 3.05) is 17.6 Å². The fourth-order valence-corrected chi connectivity index (χ4v) is 2.75. The topological polar surface area (TPSA) is 63.8 Å². The summed E-state index contributed by atoms with van der Waals surface area (Å²) in [4.78, 5) is 9.23. The number of nitrogens with two attached hydrogens (primary N) is 1. The highest BCUT2D eigenvalue weighted by atomic mass is 79.9. The van der Waals surface area contributed by atoms with Crippen LogP contribution in [0.4, 0.5) is 11.8 Å². The van der Waals surface area contributed by atoms with Crippen molar-refractivity contribution in [2.45, 2.75) is 6.42 Å². The van der Waals surface area contributed by atoms with Crippen molar-refractivity contribution < 1.29 is 0 Å². The molecule has 0 bridgehead atoms. The van der Waals surface area contributed by atoms with Gasteiger partial charge in [0.2, 0.25) is 5.95 Å². The van der Waals surface area contributed by atoms with E-state index in [4.69, 9.17) is 5.73 Å². The summed E-state index contributed by atoms with van der Waals surface area (Å²) in [5.41, 5.74) is 5.48. The zero-order chi connectivity index (χ0) is 11.4. The normalized spacial score (nSPS) is 10.3. The number of halogens is 1. The molecule has 2 rings (SSSR count). The summed E-state index contributed by atoms with van der Waals surface area (Å²) in [5, 5.41) is 3.20. The summed E-state index contributed by atoms with van der Waals surface area (Å²) in [6.45, 7) is 0.837. The summed E-state index contributed by atoms with van der Waals surface area (Å²) in [6.07, 6.45) is 2.62. The molecule has 3 N–H and O–H groups in total. The first-order chi connectivity index (χ1) is 7.74. The number of aromatic nitrogens is 2. The van der Waals surface area contributed by atoms with E-state index in [1.807, 2.05) is 0 Å². The Morgan fingerprint density at radius 2 is 2.25 bits per heavy atom. The predicted octanol–water partition coefficient (Wildman–Crippen LogP) is 2.54. The van der Waals surface area contributed by atoms with Crippen molar-refractivity contribution >= 4 is 39.0 Å². The monoisotopic (exact) mass is 298 g/mol. The van der Waals surface area contributed by atoms with Crippen LogP contribution in [0.15, 0.2) is 28.2 Å². The van der Waals surface area contributed by atoms with Crippen molar-refractivity contribution in [3.05, 3.63) is 33.1 Å². The maximum atomic E-state index is 5.48. The van der Waals surface area contributed by atoms with Gasteiger partial charge in [0.25, 0.3) is 0 Å². The third-order valence-corrected chi connectivity index (χ3v) is 3.66. The Morgan fingerprint density at radius 1 is 1.38 bits per heavy atom. The minimum atomic E-state index is 0.295. The van der Waals surface area contributed by atoms with Crippen LogP contribution < -0.4 is 11.1 Å². The van der Waals surface area contributed by atoms with Gasteiger partial charge in [-0.2, -0.15) is 4.98 Å². The van der Waals surface area contributed by atoms with Gasteiger partial charge in [-0.15, -0.1) is 11.3 Å². The van der Waals surface area contributed by atoms with Crippen LogP contribution >= 0.6 is 27.3 Å². The van der Waals surface area contributed by atoms with E-state index in [2.05, 4.69) is 43.3 Å². The Hall–Kier alpha value is -1.14. The molecule has 2 heterocycles. The smallest absolute Gasteiger partial charge is 0.221 e. The molecule has 0 aromatic carbocycles. The van der Waals surface area contributed by atoms with Gasteiger partial charge >= 0.3 is 0 Å². The second kappa shape index (κ2) is 5.27. The van der Waals surface area contributed by atoms with Gasteiger partial charge in [-0.3, -0.25) is 0 Å². The summed E-state index contributed by atoms with van der Waals surface area (Å²) in [6, 6.07) is 5.98. The zero-order valence-corrected chi connectivity index (χ0v) is 10.9. The van der Waals surface area contributed by atoms with E-state index in [0.717, 1.165) is 22.6 Å². The molecule has 0 atom stereocenters. The van der Waals surface area contributed by atoms with Crippen LogP contribution in [0.1, 0.15) is 4.88 Å². The van der Waals surface area contributed by atoms with Crippen molar-refractivity contribution in [1.82, 2.24) is 9.97 Å². The molecule has 0 saturated heterocycles. The molecule has 0 aliphatic heterocycles. The van der Waals surface area contributed by atoms with E-state index in [0.29, 0.717) is 5.95 Å². The number of nitrogens with zero attached hydrogens (tertiary/aromatic N) is 2. The van der Waals surface area contributed by atoms with Crippen LogP contribution in [-0.2, 0) is 6.42 Å². The van der Waals surface area contributed by atoms with Gasteiger partial charge in [0, 0.05) is 17.6 Å². The van der Waals surface area contributed by atoms with Crippen molar-refractivity contribution in [2.24, 2.45) is 0 Å². The van der Waals surface area contributed by atoms with Gasteiger partial charge in [-0.05, 0) is 40.5 Å². The lowest BCUT2D eigenvalue weighted by molar-refractivity contribution is 1.02. The van der Waals surface area contributed by atoms with Crippen molar-refractivity contribution in [3.8, 4) is 0 Å². The van der Waals surface area contributed by atoms with Crippen LogP contribution in [0.2, 0.25) is 0 Å². The number of anilines is 2. The molecule has 6 heteroatoms. The van der Waals surface area contributed by atoms with E-state index >= 15 is 0 Å². The summed E-state index contributed by atoms with van der Waals surface area (Å²) in [5.74, 6) is 1.06. The number of nitrogens with one attached hydrogen (secondary N) is 1. The highest BCUT2D eigenvalue weighted by Gasteiger charge is 1.98. The van der Waals surface area contributed by atoms with Gasteiger partial charge in [0.1, 0.15) is 5.82 Å². The summed E-state index contributed by atoms with van der Waals surface area (Å²) in [7, 11) is 0. The quantitative estimate of drug-likeness (QED) is 0.910. The lowest BCUT2D eigenvalue weighted by Crippen LogP contribution is -2.06. The van der Waals surface area contributed by atoms with E-state index in [1.54, 1.807) is 23.6 Å². The first-order valence-corrected chi connectivity index (χ1v) is 6.41. The standard InChI is InChI=1S/C10H11BrN4S/c11-8-2-1-7(16-8)3-5-13-9-4-6-14-10(12)15-9/h1-2,4,6H,3,5H2,(H3,12,13,14,15). The fourth-order valence-electron chi connectivity index (χ4n) is 1.27. The van der Waals surface area contributed by atoms with E-state index in [1.165, 1.54) is 4.88 Å². The van der Waals surface area contributed by atoms with E-state index < -0.39 is 0 Å². The van der Waals surface area contributed by atoms with E-state index in [-0.39, 0.29) is 0 Å². The van der Waals surface area contributed by atoms with Crippen LogP contribution in [0.5, 0.6) is 0 Å². The molecule has 0 amide bonds. The molecular weight excluding hydrogens is 288 g/mol. The van der Waals surface area contributed by atoms with Gasteiger partial charge in [0.05, 0.1) is 3.79 Å². The molecule has 0 radical (unpaired) electrons. The third kappa shape index (κ3) is 3.18. The van der Waals surface area contributed by atoms with E-state index in [9.17, 15) is 0 Å². The average molecular weight is 299 g/mol. The Bertz CT molecular complexity index is 471. The van der Waals surface area contributed by atoms with Crippen LogP contribution in [-0.4, -0.2) is 16.5 Å². The summed E-state index contributed by atoms with van der Waals surface area (Å²) < 4.78 is 1.16. The molecule has 0 unspecified atom stereocenters. The predicted molar refractivity (Wildman–Crippen MR) is 70.7 cm³/mol. The maximum absolute atomic E-state index is 5.48. The number of thiophene rings is 1. The molecule has 4 nitrogen and oxygen atoms in total. The van der Waals surface area contributed by atoms with Gasteiger partial charge in [-0.25, -0.2) is 4.98 Å². The third-order valence-electron chi connectivity index (χ3n) is 1.98. The molecular formula is C10H11BrN4S. The molecule has 0 saturated carbocycles. The Morgan fingerprint density at radius 3 is 2.94 bits per heavy atom. The van der Waals surface area contributed by atoms with Gasteiger partial charge < -0.3 is 11.1 Å². The fraction of sp³-hybridized carbons (Fsp3) is 0.200. The second-order valence-corrected chi connectivity index (χ2v) is 5.73. The summed E-state index contributed by atoms with van der Waals surface area (Å²) >= 11 is 5.18. The molecule has 2 aromatic heterocycles. The van der Waals surface area contributed by atoms with Gasteiger partial charge in [0.15, 0.2) is 0 Å². The molecule has 84 valence electrons. The number of nitrogen functional groups attached to an aromatic ring is 1. The minimum Gasteiger partial charge on any atom is -0.370 e. The molecule has 16 heavy (non-hydrogen) atoms. The lowest BCUT2D eigenvalue weighted by Gasteiger charge is -2.03. The number of rotatable bonds is 4. The van der Waals surface area contributed by atoms with Crippen LogP contribution in [0.3, 0.4) is 0 Å². The molecule has 0 spiro atoms. The Balaban J connectivity index is 1.84. The molecule has 0 aliphatic rings. The SMILES string of the molecule is Nc1nccc(NCCc2ccc(Br)s2)n1. The first kappa shape index (κ1) is 11.3. The largest absolute Gasteiger partial charge is 0.370 e. The average Bonchev–Trinajstić information content (AvgIpc) is 2.64. The van der Waals surface area contributed by atoms with Crippen molar-refractivity contribution in [3.63, 3.8) is 0 Å². The van der Waals surface area contributed by atoms with Crippen LogP contribution in [0, 0.1) is 0 Å².